The van der Waals surface area contributed by atoms with E-state index in [2.05, 4.69) is 5.32 Å². The van der Waals surface area contributed by atoms with E-state index in [9.17, 15) is 4.79 Å². The third-order valence-corrected chi connectivity index (χ3v) is 1.54. The molecule has 4 heteroatoms. The Morgan fingerprint density at radius 1 is 1.50 bits per heavy atom. The maximum Gasteiger partial charge on any atom is 0.316 e. The van der Waals surface area contributed by atoms with Crippen LogP contribution in [0.4, 0.5) is 16.2 Å². The van der Waals surface area contributed by atoms with Gasteiger partial charge in [-0.05, 0) is 30.7 Å². The molecule has 1 aromatic rings. The Hall–Kier alpha value is -1.71. The number of nitrogen functional groups attached to an aromatic ring is 1. The molecule has 1 aromatic carbocycles. The van der Waals surface area contributed by atoms with Gasteiger partial charge in [0.15, 0.2) is 0 Å². The van der Waals surface area contributed by atoms with E-state index in [-0.39, 0.29) is 0 Å². The van der Waals surface area contributed by atoms with Crippen LogP contribution < -0.4 is 16.8 Å². The summed E-state index contributed by atoms with van der Waals surface area (Å²) < 4.78 is 0. The zero-order chi connectivity index (χ0) is 9.14. The van der Waals surface area contributed by atoms with Crippen molar-refractivity contribution < 1.29 is 4.79 Å². The molecule has 64 valence electrons. The van der Waals surface area contributed by atoms with E-state index in [1.807, 2.05) is 6.92 Å². The van der Waals surface area contributed by atoms with Gasteiger partial charge in [-0.3, -0.25) is 0 Å². The zero-order valence-electron chi connectivity index (χ0n) is 6.79. The van der Waals surface area contributed by atoms with Crippen molar-refractivity contribution in [3.8, 4) is 0 Å². The number of benzene rings is 1. The molecule has 0 saturated carbocycles. The molecule has 4 nitrogen and oxygen atoms in total. The van der Waals surface area contributed by atoms with Gasteiger partial charge < -0.3 is 16.8 Å². The van der Waals surface area contributed by atoms with Crippen molar-refractivity contribution in [2.45, 2.75) is 6.92 Å². The molecule has 12 heavy (non-hydrogen) atoms. The molecule has 0 aliphatic rings. The first-order valence-corrected chi connectivity index (χ1v) is 3.52. The van der Waals surface area contributed by atoms with Crippen molar-refractivity contribution in [1.29, 1.82) is 0 Å². The fourth-order valence-corrected chi connectivity index (χ4v) is 0.896. The third kappa shape index (κ3) is 1.88. The molecule has 0 aromatic heterocycles. The monoisotopic (exact) mass is 165 g/mol. The molecule has 0 unspecified atom stereocenters. The Labute approximate surface area is 70.6 Å². The predicted molar refractivity (Wildman–Crippen MR) is 48.8 cm³/mol. The Kier molecular flexibility index (Phi) is 2.19. The topological polar surface area (TPSA) is 81.1 Å². The van der Waals surface area contributed by atoms with E-state index in [4.69, 9.17) is 11.5 Å². The maximum atomic E-state index is 10.4. The normalized spacial score (nSPS) is 9.42. The molecule has 0 aliphatic carbocycles. The molecule has 0 saturated heterocycles. The molecule has 0 radical (unpaired) electrons. The third-order valence-electron chi connectivity index (χ3n) is 1.54. The Bertz CT molecular complexity index is 309. The van der Waals surface area contributed by atoms with Gasteiger partial charge in [0.25, 0.3) is 0 Å². The number of nitrogens with two attached hydrogens (primary N) is 2. The number of urea groups is 1. The van der Waals surface area contributed by atoms with E-state index in [0.717, 1.165) is 5.56 Å². The lowest BCUT2D eigenvalue weighted by Gasteiger charge is -2.04. The van der Waals surface area contributed by atoms with Crippen molar-refractivity contribution in [3.63, 3.8) is 0 Å². The Balaban J connectivity index is 2.89. The number of carbonyl (C=O) groups is 1. The van der Waals surface area contributed by atoms with E-state index in [1.165, 1.54) is 0 Å². The van der Waals surface area contributed by atoms with E-state index in [0.29, 0.717) is 11.4 Å². The summed E-state index contributed by atoms with van der Waals surface area (Å²) >= 11 is 0. The lowest BCUT2D eigenvalue weighted by molar-refractivity contribution is 0.259. The minimum atomic E-state index is -0.570. The molecule has 5 N–H and O–H groups in total. The van der Waals surface area contributed by atoms with Crippen LogP contribution in [-0.2, 0) is 0 Å². The van der Waals surface area contributed by atoms with Crippen molar-refractivity contribution in [3.05, 3.63) is 23.8 Å². The lowest BCUT2D eigenvalue weighted by atomic mass is 10.2. The fourth-order valence-electron chi connectivity index (χ4n) is 0.896. The summed E-state index contributed by atoms with van der Waals surface area (Å²) in [4.78, 5) is 10.4. The van der Waals surface area contributed by atoms with Gasteiger partial charge >= 0.3 is 6.03 Å². The van der Waals surface area contributed by atoms with Crippen LogP contribution in [0.25, 0.3) is 0 Å². The van der Waals surface area contributed by atoms with Gasteiger partial charge in [-0.25, -0.2) is 4.79 Å². The Morgan fingerprint density at radius 2 is 2.17 bits per heavy atom. The summed E-state index contributed by atoms with van der Waals surface area (Å²) in [5.74, 6) is 0. The van der Waals surface area contributed by atoms with Crippen molar-refractivity contribution >= 4 is 17.4 Å². The summed E-state index contributed by atoms with van der Waals surface area (Å²) in [7, 11) is 0. The second-order valence-corrected chi connectivity index (χ2v) is 2.56. The molecule has 0 heterocycles. The van der Waals surface area contributed by atoms with Crippen molar-refractivity contribution in [1.82, 2.24) is 0 Å². The molecule has 0 fully saturated rings. The molecule has 0 bridgehead atoms. The van der Waals surface area contributed by atoms with Crippen LogP contribution in [0.15, 0.2) is 18.2 Å². The van der Waals surface area contributed by atoms with Gasteiger partial charge in [-0.1, -0.05) is 0 Å². The van der Waals surface area contributed by atoms with Crippen LogP contribution in [0.5, 0.6) is 0 Å². The molecule has 0 spiro atoms. The lowest BCUT2D eigenvalue weighted by Crippen LogP contribution is -2.19. The number of carbonyl (C=O) groups excluding carboxylic acids is 1. The second kappa shape index (κ2) is 3.13. The number of hydrogen-bond acceptors (Lipinski definition) is 2. The molecular formula is C8H11N3O. The minimum Gasteiger partial charge on any atom is -0.399 e. The highest BCUT2D eigenvalue weighted by Gasteiger charge is 1.97. The predicted octanol–water partition coefficient (Wildman–Crippen LogP) is 1.07. The number of hydrogen-bond donors (Lipinski definition) is 3. The maximum absolute atomic E-state index is 10.4. The first-order chi connectivity index (χ1) is 5.59. The highest BCUT2D eigenvalue weighted by molar-refractivity contribution is 5.88. The smallest absolute Gasteiger partial charge is 0.316 e. The van der Waals surface area contributed by atoms with Crippen LogP contribution in [0.2, 0.25) is 0 Å². The van der Waals surface area contributed by atoms with Crippen LogP contribution in [0, 0.1) is 6.92 Å². The van der Waals surface area contributed by atoms with Gasteiger partial charge in [0.1, 0.15) is 0 Å². The minimum absolute atomic E-state index is 0.570. The summed E-state index contributed by atoms with van der Waals surface area (Å²) in [6.45, 7) is 1.86. The second-order valence-electron chi connectivity index (χ2n) is 2.56. The van der Waals surface area contributed by atoms with Gasteiger partial charge in [0.2, 0.25) is 0 Å². The van der Waals surface area contributed by atoms with E-state index in [1.54, 1.807) is 18.2 Å². The molecular weight excluding hydrogens is 154 g/mol. The number of amides is 2. The molecule has 0 aliphatic heterocycles. The first kappa shape index (κ1) is 8.39. The average Bonchev–Trinajstić information content (AvgIpc) is 1.96. The van der Waals surface area contributed by atoms with Crippen LogP contribution in [-0.4, -0.2) is 6.03 Å². The number of primary amides is 1. The number of anilines is 2. The quantitative estimate of drug-likeness (QED) is 0.544. The van der Waals surface area contributed by atoms with Crippen molar-refractivity contribution in [2.24, 2.45) is 5.73 Å². The molecule has 2 amide bonds. The van der Waals surface area contributed by atoms with Crippen LogP contribution >= 0.6 is 0 Å². The summed E-state index contributed by atoms with van der Waals surface area (Å²) in [5.41, 5.74) is 12.8. The van der Waals surface area contributed by atoms with Gasteiger partial charge in [0.05, 0.1) is 0 Å². The largest absolute Gasteiger partial charge is 0.399 e. The highest BCUT2D eigenvalue weighted by atomic mass is 16.2. The molecule has 1 rings (SSSR count). The van der Waals surface area contributed by atoms with Crippen molar-refractivity contribution in [2.75, 3.05) is 11.1 Å². The number of nitrogens with one attached hydrogen (secondary N) is 1. The van der Waals surface area contributed by atoms with Gasteiger partial charge in [-0.15, -0.1) is 0 Å². The summed E-state index contributed by atoms with van der Waals surface area (Å²) in [6.07, 6.45) is 0. The zero-order valence-corrected chi connectivity index (χ0v) is 6.79. The van der Waals surface area contributed by atoms with E-state index >= 15 is 0 Å². The molecule has 0 atom stereocenters. The van der Waals surface area contributed by atoms with Gasteiger partial charge in [-0.2, -0.15) is 0 Å². The summed E-state index contributed by atoms with van der Waals surface area (Å²) in [5, 5.41) is 2.46. The Morgan fingerprint density at radius 3 is 2.67 bits per heavy atom. The van der Waals surface area contributed by atoms with Crippen LogP contribution in [0.1, 0.15) is 5.56 Å². The fraction of sp³-hybridized carbons (Fsp3) is 0.125. The SMILES string of the molecule is Cc1cc(NC(N)=O)ccc1N. The van der Waals surface area contributed by atoms with Crippen LogP contribution in [0.3, 0.4) is 0 Å². The number of rotatable bonds is 1. The average molecular weight is 165 g/mol. The standard InChI is InChI=1S/C8H11N3O/c1-5-4-6(11-8(10)12)2-3-7(5)9/h2-4H,9H2,1H3,(H3,10,11,12). The number of aryl methyl sites for hydroxylation is 1. The first-order valence-electron chi connectivity index (χ1n) is 3.52. The highest BCUT2D eigenvalue weighted by Crippen LogP contribution is 2.15. The van der Waals surface area contributed by atoms with E-state index < -0.39 is 6.03 Å². The van der Waals surface area contributed by atoms with Gasteiger partial charge in [0, 0.05) is 11.4 Å². The summed E-state index contributed by atoms with van der Waals surface area (Å²) in [6, 6.07) is 4.62.